The van der Waals surface area contributed by atoms with E-state index in [1.165, 1.54) is 11.8 Å². The van der Waals surface area contributed by atoms with Crippen LogP contribution in [0.3, 0.4) is 0 Å². The summed E-state index contributed by atoms with van der Waals surface area (Å²) >= 11 is 1.38. The van der Waals surface area contributed by atoms with Crippen LogP contribution in [-0.2, 0) is 4.79 Å². The molecule has 0 radical (unpaired) electrons. The van der Waals surface area contributed by atoms with Gasteiger partial charge in [0, 0.05) is 23.4 Å². The van der Waals surface area contributed by atoms with Gasteiger partial charge in [-0.3, -0.25) is 4.79 Å². The fourth-order valence-corrected chi connectivity index (χ4v) is 2.82. The van der Waals surface area contributed by atoms with Crippen molar-refractivity contribution in [2.45, 2.75) is 18.6 Å². The van der Waals surface area contributed by atoms with E-state index in [1.54, 1.807) is 0 Å². The molecule has 1 aromatic heterocycles. The molecule has 0 aliphatic heterocycles. The van der Waals surface area contributed by atoms with Crippen LogP contribution in [0.25, 0.3) is 11.5 Å². The minimum atomic E-state index is -0.0281. The summed E-state index contributed by atoms with van der Waals surface area (Å²) in [5.41, 5.74) is 2.77. The van der Waals surface area contributed by atoms with Crippen molar-refractivity contribution in [3.05, 3.63) is 60.2 Å². The second-order valence-corrected chi connectivity index (χ2v) is 6.25. The molecule has 1 heterocycles. The maximum absolute atomic E-state index is 12.0. The molecule has 0 aliphatic carbocycles. The van der Waals surface area contributed by atoms with Crippen molar-refractivity contribution in [2.75, 3.05) is 11.1 Å². The van der Waals surface area contributed by atoms with Crippen LogP contribution in [0, 0.1) is 6.92 Å². The van der Waals surface area contributed by atoms with E-state index in [0.29, 0.717) is 23.3 Å². The molecule has 2 aromatic carbocycles. The number of aromatic nitrogens is 2. The van der Waals surface area contributed by atoms with Gasteiger partial charge >= 0.3 is 0 Å². The minimum Gasteiger partial charge on any atom is -0.411 e. The number of carbonyl (C=O) groups is 1. The Labute approximate surface area is 144 Å². The summed E-state index contributed by atoms with van der Waals surface area (Å²) in [6.07, 6.45) is 0.377. The summed E-state index contributed by atoms with van der Waals surface area (Å²) in [5.74, 6) is 1.04. The third-order valence-corrected chi connectivity index (χ3v) is 4.22. The lowest BCUT2D eigenvalue weighted by Crippen LogP contribution is -2.12. The lowest BCUT2D eigenvalue weighted by atomic mass is 10.2. The molecular formula is C18H17N3O2S. The molecule has 6 heteroatoms. The Morgan fingerprint density at radius 3 is 2.62 bits per heavy atom. The number of rotatable bonds is 6. The molecule has 1 amide bonds. The summed E-state index contributed by atoms with van der Waals surface area (Å²) in [7, 11) is 0. The summed E-state index contributed by atoms with van der Waals surface area (Å²) in [6, 6.07) is 17.3. The molecule has 0 saturated heterocycles. The third kappa shape index (κ3) is 4.23. The van der Waals surface area contributed by atoms with E-state index in [0.717, 1.165) is 16.8 Å². The number of benzene rings is 2. The first-order chi connectivity index (χ1) is 11.7. The molecule has 122 valence electrons. The third-order valence-electron chi connectivity index (χ3n) is 3.40. The molecule has 24 heavy (non-hydrogen) atoms. The number of amides is 1. The zero-order valence-corrected chi connectivity index (χ0v) is 14.0. The van der Waals surface area contributed by atoms with Crippen molar-refractivity contribution in [1.82, 2.24) is 10.2 Å². The van der Waals surface area contributed by atoms with Gasteiger partial charge in [-0.2, -0.15) is 0 Å². The molecule has 0 bridgehead atoms. The van der Waals surface area contributed by atoms with Crippen molar-refractivity contribution >= 4 is 23.4 Å². The number of thioether (sulfide) groups is 1. The van der Waals surface area contributed by atoms with Gasteiger partial charge in [-0.1, -0.05) is 48.2 Å². The zero-order valence-electron chi connectivity index (χ0n) is 13.2. The largest absolute Gasteiger partial charge is 0.411 e. The number of para-hydroxylation sites is 1. The van der Waals surface area contributed by atoms with Crippen molar-refractivity contribution in [2.24, 2.45) is 0 Å². The van der Waals surface area contributed by atoms with E-state index in [1.807, 2.05) is 61.5 Å². The van der Waals surface area contributed by atoms with Crippen LogP contribution < -0.4 is 5.32 Å². The molecule has 3 aromatic rings. The highest BCUT2D eigenvalue weighted by Crippen LogP contribution is 2.23. The number of hydrogen-bond acceptors (Lipinski definition) is 5. The molecular weight excluding hydrogens is 322 g/mol. The number of nitrogens with zero attached hydrogens (tertiary/aromatic N) is 2. The van der Waals surface area contributed by atoms with Gasteiger partial charge in [0.2, 0.25) is 11.8 Å². The van der Waals surface area contributed by atoms with Crippen LogP contribution in [-0.4, -0.2) is 21.9 Å². The van der Waals surface area contributed by atoms with Gasteiger partial charge in [0.15, 0.2) is 0 Å². The molecule has 0 unspecified atom stereocenters. The molecule has 0 spiro atoms. The Morgan fingerprint density at radius 2 is 1.83 bits per heavy atom. The van der Waals surface area contributed by atoms with E-state index in [-0.39, 0.29) is 5.91 Å². The molecule has 0 aliphatic rings. The van der Waals surface area contributed by atoms with Crippen molar-refractivity contribution in [3.8, 4) is 11.5 Å². The van der Waals surface area contributed by atoms with Crippen molar-refractivity contribution in [3.63, 3.8) is 0 Å². The average Bonchev–Trinajstić information content (AvgIpc) is 3.07. The highest BCUT2D eigenvalue weighted by molar-refractivity contribution is 7.99. The monoisotopic (exact) mass is 339 g/mol. The summed E-state index contributed by atoms with van der Waals surface area (Å²) in [5, 5.41) is 11.4. The van der Waals surface area contributed by atoms with Gasteiger partial charge in [0.25, 0.3) is 5.22 Å². The van der Waals surface area contributed by atoms with E-state index in [4.69, 9.17) is 4.42 Å². The standard InChI is InChI=1S/C18H17N3O2S/c1-13-7-5-6-10-15(13)19-16(22)11-12-24-18-21-20-17(23-18)14-8-3-2-4-9-14/h2-10H,11-12H2,1H3,(H,19,22). The fraction of sp³-hybridized carbons (Fsp3) is 0.167. The molecule has 3 rings (SSSR count). The second kappa shape index (κ2) is 7.79. The predicted molar refractivity (Wildman–Crippen MR) is 94.9 cm³/mol. The van der Waals surface area contributed by atoms with Crippen LogP contribution in [0.2, 0.25) is 0 Å². The van der Waals surface area contributed by atoms with Crippen LogP contribution >= 0.6 is 11.8 Å². The first-order valence-corrected chi connectivity index (χ1v) is 8.58. The second-order valence-electron chi connectivity index (χ2n) is 5.20. The first kappa shape index (κ1) is 16.3. The van der Waals surface area contributed by atoms with Crippen LogP contribution in [0.15, 0.2) is 64.2 Å². The normalized spacial score (nSPS) is 10.5. The quantitative estimate of drug-likeness (QED) is 0.683. The fourth-order valence-electron chi connectivity index (χ4n) is 2.12. The Morgan fingerprint density at radius 1 is 1.08 bits per heavy atom. The van der Waals surface area contributed by atoms with E-state index in [9.17, 15) is 4.79 Å². The van der Waals surface area contributed by atoms with Gasteiger partial charge in [0.1, 0.15) is 0 Å². The van der Waals surface area contributed by atoms with Gasteiger partial charge in [-0.15, -0.1) is 10.2 Å². The minimum absolute atomic E-state index is 0.0281. The highest BCUT2D eigenvalue weighted by atomic mass is 32.2. The topological polar surface area (TPSA) is 68.0 Å². The number of anilines is 1. The van der Waals surface area contributed by atoms with Crippen molar-refractivity contribution < 1.29 is 9.21 Å². The molecule has 5 nitrogen and oxygen atoms in total. The zero-order chi connectivity index (χ0) is 16.8. The Bertz CT molecular complexity index is 818. The summed E-state index contributed by atoms with van der Waals surface area (Å²) in [4.78, 5) is 12.0. The van der Waals surface area contributed by atoms with Crippen molar-refractivity contribution in [1.29, 1.82) is 0 Å². The highest BCUT2D eigenvalue weighted by Gasteiger charge is 2.10. The number of carbonyl (C=O) groups excluding carboxylic acids is 1. The maximum atomic E-state index is 12.0. The average molecular weight is 339 g/mol. The molecule has 0 saturated carbocycles. The summed E-state index contributed by atoms with van der Waals surface area (Å²) < 4.78 is 5.60. The van der Waals surface area contributed by atoms with Crippen LogP contribution in [0.5, 0.6) is 0 Å². The molecule has 1 N–H and O–H groups in total. The number of hydrogen-bond donors (Lipinski definition) is 1. The Kier molecular flexibility index (Phi) is 5.28. The molecule has 0 fully saturated rings. The first-order valence-electron chi connectivity index (χ1n) is 7.59. The lowest BCUT2D eigenvalue weighted by molar-refractivity contribution is -0.115. The van der Waals surface area contributed by atoms with Crippen LogP contribution in [0.4, 0.5) is 5.69 Å². The van der Waals surface area contributed by atoms with E-state index >= 15 is 0 Å². The van der Waals surface area contributed by atoms with Gasteiger partial charge in [-0.25, -0.2) is 0 Å². The number of nitrogens with one attached hydrogen (secondary N) is 1. The molecule has 0 atom stereocenters. The van der Waals surface area contributed by atoms with Gasteiger partial charge < -0.3 is 9.73 Å². The smallest absolute Gasteiger partial charge is 0.276 e. The SMILES string of the molecule is Cc1ccccc1NC(=O)CCSc1nnc(-c2ccccc2)o1. The lowest BCUT2D eigenvalue weighted by Gasteiger charge is -2.07. The van der Waals surface area contributed by atoms with Crippen LogP contribution in [0.1, 0.15) is 12.0 Å². The van der Waals surface area contributed by atoms with E-state index < -0.39 is 0 Å². The Balaban J connectivity index is 1.49. The predicted octanol–water partition coefficient (Wildman–Crippen LogP) is 4.17. The van der Waals surface area contributed by atoms with Gasteiger partial charge in [-0.05, 0) is 30.7 Å². The van der Waals surface area contributed by atoms with E-state index in [2.05, 4.69) is 15.5 Å². The Hall–Kier alpha value is -2.60. The number of aryl methyl sites for hydroxylation is 1. The van der Waals surface area contributed by atoms with Gasteiger partial charge in [0.05, 0.1) is 0 Å². The summed E-state index contributed by atoms with van der Waals surface area (Å²) in [6.45, 7) is 1.97. The maximum Gasteiger partial charge on any atom is 0.276 e.